The van der Waals surface area contributed by atoms with Crippen molar-refractivity contribution in [3.8, 4) is 0 Å². The zero-order valence-corrected chi connectivity index (χ0v) is 14.0. The SMILES string of the molecule is CCCc1noc(C2CCCCN2S(=O)(=O)c2ccccc2)n1. The highest BCUT2D eigenvalue weighted by Gasteiger charge is 2.37. The summed E-state index contributed by atoms with van der Waals surface area (Å²) in [6.45, 7) is 2.52. The Morgan fingerprint density at radius 3 is 2.78 bits per heavy atom. The van der Waals surface area contributed by atoms with Gasteiger partial charge in [0.1, 0.15) is 6.04 Å². The van der Waals surface area contributed by atoms with Crippen LogP contribution in [0.5, 0.6) is 0 Å². The van der Waals surface area contributed by atoms with Gasteiger partial charge in [-0.1, -0.05) is 36.7 Å². The van der Waals surface area contributed by atoms with Crippen molar-refractivity contribution in [1.29, 1.82) is 0 Å². The van der Waals surface area contributed by atoms with E-state index >= 15 is 0 Å². The smallest absolute Gasteiger partial charge is 0.245 e. The summed E-state index contributed by atoms with van der Waals surface area (Å²) in [4.78, 5) is 4.70. The number of rotatable bonds is 5. The Balaban J connectivity index is 1.92. The summed E-state index contributed by atoms with van der Waals surface area (Å²) < 4.78 is 32.7. The van der Waals surface area contributed by atoms with E-state index in [9.17, 15) is 8.42 Å². The zero-order valence-electron chi connectivity index (χ0n) is 13.2. The molecular formula is C16H21N3O3S. The summed E-state index contributed by atoms with van der Waals surface area (Å²) in [6.07, 6.45) is 4.17. The molecule has 6 nitrogen and oxygen atoms in total. The lowest BCUT2D eigenvalue weighted by atomic mass is 10.1. The summed E-state index contributed by atoms with van der Waals surface area (Å²) in [5.41, 5.74) is 0. The molecule has 0 N–H and O–H groups in total. The highest BCUT2D eigenvalue weighted by Crippen LogP contribution is 2.34. The second-order valence-corrected chi connectivity index (χ2v) is 7.63. The van der Waals surface area contributed by atoms with Crippen LogP contribution in [0.3, 0.4) is 0 Å². The van der Waals surface area contributed by atoms with Crippen LogP contribution in [0.25, 0.3) is 0 Å². The first-order valence-corrected chi connectivity index (χ1v) is 9.46. The molecular weight excluding hydrogens is 314 g/mol. The molecule has 7 heteroatoms. The Kier molecular flexibility index (Phi) is 4.77. The van der Waals surface area contributed by atoms with E-state index in [1.807, 2.05) is 13.0 Å². The van der Waals surface area contributed by atoms with Crippen LogP contribution in [-0.2, 0) is 16.4 Å². The molecule has 0 aliphatic carbocycles. The molecule has 1 fully saturated rings. The predicted molar refractivity (Wildman–Crippen MR) is 85.2 cm³/mol. The van der Waals surface area contributed by atoms with Crippen molar-refractivity contribution in [2.24, 2.45) is 0 Å². The minimum absolute atomic E-state index is 0.306. The van der Waals surface area contributed by atoms with Crippen LogP contribution in [0, 0.1) is 0 Å². The first kappa shape index (κ1) is 16.1. The molecule has 1 aromatic heterocycles. The number of sulfonamides is 1. The molecule has 2 aromatic rings. The van der Waals surface area contributed by atoms with Gasteiger partial charge in [0.15, 0.2) is 5.82 Å². The average molecular weight is 335 g/mol. The summed E-state index contributed by atoms with van der Waals surface area (Å²) in [5.74, 6) is 1.05. The lowest BCUT2D eigenvalue weighted by Crippen LogP contribution is -2.38. The molecule has 0 bridgehead atoms. The highest BCUT2D eigenvalue weighted by atomic mass is 32.2. The van der Waals surface area contributed by atoms with Gasteiger partial charge in [-0.3, -0.25) is 0 Å². The number of benzene rings is 1. The lowest BCUT2D eigenvalue weighted by Gasteiger charge is -2.32. The Labute approximate surface area is 136 Å². The fourth-order valence-electron chi connectivity index (χ4n) is 2.90. The van der Waals surface area contributed by atoms with Crippen molar-refractivity contribution < 1.29 is 12.9 Å². The topological polar surface area (TPSA) is 76.3 Å². The van der Waals surface area contributed by atoms with Crippen molar-refractivity contribution >= 4 is 10.0 Å². The fourth-order valence-corrected chi connectivity index (χ4v) is 4.57. The molecule has 0 radical (unpaired) electrons. The van der Waals surface area contributed by atoms with Crippen LogP contribution in [0.2, 0.25) is 0 Å². The third-order valence-electron chi connectivity index (χ3n) is 4.05. The van der Waals surface area contributed by atoms with Gasteiger partial charge in [-0.25, -0.2) is 8.42 Å². The van der Waals surface area contributed by atoms with Crippen molar-refractivity contribution in [1.82, 2.24) is 14.4 Å². The molecule has 1 aliphatic rings. The van der Waals surface area contributed by atoms with Crippen LogP contribution >= 0.6 is 0 Å². The van der Waals surface area contributed by atoms with Crippen molar-refractivity contribution in [2.75, 3.05) is 6.54 Å². The van der Waals surface area contributed by atoms with Crippen LogP contribution in [0.4, 0.5) is 0 Å². The monoisotopic (exact) mass is 335 g/mol. The van der Waals surface area contributed by atoms with Gasteiger partial charge in [0, 0.05) is 13.0 Å². The number of hydrogen-bond donors (Lipinski definition) is 0. The molecule has 1 aromatic carbocycles. The molecule has 0 amide bonds. The van der Waals surface area contributed by atoms with Crippen LogP contribution in [0.15, 0.2) is 39.8 Å². The molecule has 1 unspecified atom stereocenters. The quantitative estimate of drug-likeness (QED) is 0.839. The molecule has 3 rings (SSSR count). The predicted octanol–water partition coefficient (Wildman–Crippen LogP) is 2.94. The van der Waals surface area contributed by atoms with Crippen molar-refractivity contribution in [3.05, 3.63) is 42.0 Å². The van der Waals surface area contributed by atoms with E-state index in [0.717, 1.165) is 25.7 Å². The maximum atomic E-state index is 12.9. The number of aryl methyl sites for hydroxylation is 1. The molecule has 23 heavy (non-hydrogen) atoms. The average Bonchev–Trinajstić information content (AvgIpc) is 3.05. The molecule has 124 valence electrons. The summed E-state index contributed by atoms with van der Waals surface area (Å²) in [5, 5.41) is 3.96. The Hall–Kier alpha value is -1.73. The summed E-state index contributed by atoms with van der Waals surface area (Å²) in [7, 11) is -3.56. The van der Waals surface area contributed by atoms with E-state index in [2.05, 4.69) is 10.1 Å². The minimum atomic E-state index is -3.56. The van der Waals surface area contributed by atoms with Crippen LogP contribution < -0.4 is 0 Å². The van der Waals surface area contributed by atoms with Gasteiger partial charge < -0.3 is 4.52 Å². The molecule has 1 aliphatic heterocycles. The molecule has 1 atom stereocenters. The standard InChI is InChI=1S/C16H21N3O3S/c1-2-8-15-17-16(22-18-15)14-11-6-7-12-19(14)23(20,21)13-9-4-3-5-10-13/h3-5,9-10,14H,2,6-8,11-12H2,1H3. The van der Waals surface area contributed by atoms with Crippen LogP contribution in [0.1, 0.15) is 50.4 Å². The number of aromatic nitrogens is 2. The van der Waals surface area contributed by atoms with E-state index in [4.69, 9.17) is 4.52 Å². The van der Waals surface area contributed by atoms with Crippen molar-refractivity contribution in [2.45, 2.75) is 50.0 Å². The molecule has 0 spiro atoms. The number of hydrogen-bond acceptors (Lipinski definition) is 5. The largest absolute Gasteiger partial charge is 0.338 e. The third kappa shape index (κ3) is 3.30. The van der Waals surface area contributed by atoms with Gasteiger partial charge >= 0.3 is 0 Å². The van der Waals surface area contributed by atoms with Gasteiger partial charge in [0.2, 0.25) is 15.9 Å². The van der Waals surface area contributed by atoms with Crippen LogP contribution in [-0.4, -0.2) is 29.4 Å². The maximum absolute atomic E-state index is 12.9. The number of piperidine rings is 1. The normalized spacial score (nSPS) is 19.8. The summed E-state index contributed by atoms with van der Waals surface area (Å²) >= 11 is 0. The van der Waals surface area contributed by atoms with E-state index in [-0.39, 0.29) is 6.04 Å². The Morgan fingerprint density at radius 2 is 2.04 bits per heavy atom. The molecule has 0 saturated carbocycles. The van der Waals surface area contributed by atoms with Gasteiger partial charge in [-0.2, -0.15) is 9.29 Å². The number of nitrogens with zero attached hydrogens (tertiary/aromatic N) is 3. The van der Waals surface area contributed by atoms with E-state index in [1.54, 1.807) is 24.3 Å². The van der Waals surface area contributed by atoms with E-state index in [1.165, 1.54) is 4.31 Å². The van der Waals surface area contributed by atoms with Gasteiger partial charge in [0.05, 0.1) is 4.90 Å². The highest BCUT2D eigenvalue weighted by molar-refractivity contribution is 7.89. The third-order valence-corrected chi connectivity index (χ3v) is 5.97. The summed E-state index contributed by atoms with van der Waals surface area (Å²) in [6, 6.07) is 8.15. The van der Waals surface area contributed by atoms with Crippen molar-refractivity contribution in [3.63, 3.8) is 0 Å². The molecule has 1 saturated heterocycles. The second-order valence-electron chi connectivity index (χ2n) is 5.74. The molecule has 2 heterocycles. The fraction of sp³-hybridized carbons (Fsp3) is 0.500. The first-order valence-electron chi connectivity index (χ1n) is 8.02. The van der Waals surface area contributed by atoms with E-state index in [0.29, 0.717) is 29.6 Å². The Morgan fingerprint density at radius 1 is 1.26 bits per heavy atom. The second kappa shape index (κ2) is 6.80. The Bertz CT molecular complexity index is 743. The first-order chi connectivity index (χ1) is 11.1. The maximum Gasteiger partial charge on any atom is 0.245 e. The lowest BCUT2D eigenvalue weighted by molar-refractivity contribution is 0.204. The zero-order chi connectivity index (χ0) is 16.3. The van der Waals surface area contributed by atoms with Gasteiger partial charge in [-0.15, -0.1) is 0 Å². The van der Waals surface area contributed by atoms with Gasteiger partial charge in [-0.05, 0) is 31.4 Å². The van der Waals surface area contributed by atoms with Gasteiger partial charge in [0.25, 0.3) is 0 Å². The van der Waals surface area contributed by atoms with E-state index < -0.39 is 10.0 Å². The minimum Gasteiger partial charge on any atom is -0.338 e.